The van der Waals surface area contributed by atoms with Crippen LogP contribution in [-0.2, 0) is 28.3 Å². The van der Waals surface area contributed by atoms with Crippen LogP contribution in [0.2, 0.25) is 5.02 Å². The maximum absolute atomic E-state index is 14.0. The van der Waals surface area contributed by atoms with E-state index in [2.05, 4.69) is 4.98 Å². The van der Waals surface area contributed by atoms with Crippen LogP contribution in [0.25, 0.3) is 22.3 Å². The van der Waals surface area contributed by atoms with Crippen LogP contribution in [0.5, 0.6) is 0 Å². The first-order valence-electron chi connectivity index (χ1n) is 9.32. The highest BCUT2D eigenvalue weighted by Gasteiger charge is 2.45. The molecule has 0 amide bonds. The molecule has 3 aromatic rings. The Kier molecular flexibility index (Phi) is 3.88. The number of nitrogens with zero attached hydrogens (tertiary/aromatic N) is 2. The summed E-state index contributed by atoms with van der Waals surface area (Å²) < 4.78 is 34.4. The number of hydrogen-bond donors (Lipinski definition) is 1. The zero-order chi connectivity index (χ0) is 21.5. The van der Waals surface area contributed by atoms with Crippen LogP contribution in [0, 0.1) is 18.6 Å². The van der Waals surface area contributed by atoms with Gasteiger partial charge in [0.2, 0.25) is 0 Å². The predicted octanol–water partition coefficient (Wildman–Crippen LogP) is 3.32. The van der Waals surface area contributed by atoms with Gasteiger partial charge in [0.25, 0.3) is 5.56 Å². The molecule has 0 saturated carbocycles. The van der Waals surface area contributed by atoms with E-state index in [1.165, 1.54) is 4.57 Å². The summed E-state index contributed by atoms with van der Waals surface area (Å²) in [6.45, 7) is 3.24. The second-order valence-electron chi connectivity index (χ2n) is 7.55. The Bertz CT molecular complexity index is 1370. The van der Waals surface area contributed by atoms with E-state index in [4.69, 9.17) is 16.3 Å². The molecule has 0 radical (unpaired) electrons. The number of aryl methyl sites for hydroxylation is 1. The molecule has 0 bridgehead atoms. The Balaban J connectivity index is 1.85. The van der Waals surface area contributed by atoms with Crippen molar-refractivity contribution in [2.45, 2.75) is 39.0 Å². The molecule has 154 valence electrons. The van der Waals surface area contributed by atoms with Crippen molar-refractivity contribution in [2.24, 2.45) is 0 Å². The molecular formula is C21H15ClF2N2O4. The van der Waals surface area contributed by atoms with Crippen molar-refractivity contribution in [3.63, 3.8) is 0 Å². The van der Waals surface area contributed by atoms with Gasteiger partial charge in [-0.2, -0.15) is 0 Å². The Morgan fingerprint density at radius 3 is 2.73 bits per heavy atom. The molecule has 6 nitrogen and oxygen atoms in total. The number of pyridine rings is 2. The highest BCUT2D eigenvalue weighted by molar-refractivity contribution is 6.36. The monoisotopic (exact) mass is 432 g/mol. The van der Waals surface area contributed by atoms with Gasteiger partial charge in [0, 0.05) is 22.6 Å². The second-order valence-corrected chi connectivity index (χ2v) is 7.93. The number of esters is 1. The SMILES string of the molecule is CC[C@@]1(O)C(=O)OCc2c1cc1n(c2=O)Cc2c-1nc1cc(F)c(F)c(Cl)c1c2C. The molecule has 1 aromatic carbocycles. The summed E-state index contributed by atoms with van der Waals surface area (Å²) in [5, 5.41) is 10.8. The molecule has 0 spiro atoms. The number of fused-ring (bicyclic) bond motifs is 5. The van der Waals surface area contributed by atoms with Crippen molar-refractivity contribution in [3.05, 3.63) is 61.4 Å². The Hall–Kier alpha value is -2.84. The first-order chi connectivity index (χ1) is 14.2. The maximum atomic E-state index is 14.0. The minimum Gasteiger partial charge on any atom is -0.458 e. The summed E-state index contributed by atoms with van der Waals surface area (Å²) in [5.41, 5.74) is 0.211. The maximum Gasteiger partial charge on any atom is 0.343 e. The van der Waals surface area contributed by atoms with E-state index in [-0.39, 0.29) is 46.6 Å². The van der Waals surface area contributed by atoms with E-state index in [0.29, 0.717) is 22.5 Å². The number of carbonyl (C=O) groups is 1. The summed E-state index contributed by atoms with van der Waals surface area (Å²) >= 11 is 6.05. The van der Waals surface area contributed by atoms with E-state index < -0.39 is 28.8 Å². The fraction of sp³-hybridized carbons (Fsp3) is 0.286. The molecular weight excluding hydrogens is 418 g/mol. The quantitative estimate of drug-likeness (QED) is 0.368. The van der Waals surface area contributed by atoms with E-state index in [0.717, 1.165) is 6.07 Å². The van der Waals surface area contributed by atoms with E-state index in [1.807, 2.05) is 0 Å². The summed E-state index contributed by atoms with van der Waals surface area (Å²) in [6.07, 6.45) is 0.0266. The highest BCUT2D eigenvalue weighted by Crippen LogP contribution is 2.41. The average molecular weight is 433 g/mol. The molecule has 2 aromatic heterocycles. The van der Waals surface area contributed by atoms with Gasteiger partial charge in [-0.05, 0) is 25.0 Å². The predicted molar refractivity (Wildman–Crippen MR) is 104 cm³/mol. The lowest BCUT2D eigenvalue weighted by molar-refractivity contribution is -0.172. The lowest BCUT2D eigenvalue weighted by Crippen LogP contribution is -2.44. The molecule has 4 heterocycles. The molecule has 30 heavy (non-hydrogen) atoms. The number of aromatic nitrogens is 2. The number of ether oxygens (including phenoxy) is 1. The minimum atomic E-state index is -1.93. The number of halogens is 3. The van der Waals surface area contributed by atoms with Gasteiger partial charge in [0.05, 0.1) is 34.0 Å². The van der Waals surface area contributed by atoms with Gasteiger partial charge in [-0.3, -0.25) is 4.79 Å². The number of cyclic esters (lactones) is 1. The molecule has 2 aliphatic heterocycles. The van der Waals surface area contributed by atoms with Crippen molar-refractivity contribution >= 4 is 28.5 Å². The van der Waals surface area contributed by atoms with Crippen LogP contribution < -0.4 is 5.56 Å². The standard InChI is InChI=1S/C21H15ClF2N2O4/c1-3-21(29)11-4-14-18-9(6-26(14)19(27)10(11)7-30-20(21)28)8(2)15-13(25-18)5-12(23)17(24)16(15)22/h4-5,29H,3,6-7H2,1-2H3/t21-/m0/s1. The molecule has 0 unspecified atom stereocenters. The van der Waals surface area contributed by atoms with Crippen molar-refractivity contribution in [1.29, 1.82) is 0 Å². The lowest BCUT2D eigenvalue weighted by Gasteiger charge is -2.31. The fourth-order valence-electron chi connectivity index (χ4n) is 4.36. The van der Waals surface area contributed by atoms with Gasteiger partial charge < -0.3 is 14.4 Å². The van der Waals surface area contributed by atoms with Crippen LogP contribution in [0.15, 0.2) is 16.9 Å². The van der Waals surface area contributed by atoms with Crippen molar-refractivity contribution < 1.29 is 23.4 Å². The summed E-state index contributed by atoms with van der Waals surface area (Å²) in [6, 6.07) is 2.52. The number of aliphatic hydroxyl groups is 1. The summed E-state index contributed by atoms with van der Waals surface area (Å²) in [5.74, 6) is -3.09. The minimum absolute atomic E-state index is 0.0266. The Labute approximate surface area is 173 Å². The molecule has 0 saturated heterocycles. The van der Waals surface area contributed by atoms with E-state index >= 15 is 0 Å². The van der Waals surface area contributed by atoms with Gasteiger partial charge in [-0.1, -0.05) is 18.5 Å². The van der Waals surface area contributed by atoms with Crippen LogP contribution in [0.4, 0.5) is 8.78 Å². The van der Waals surface area contributed by atoms with Gasteiger partial charge in [-0.15, -0.1) is 0 Å². The van der Waals surface area contributed by atoms with E-state index in [9.17, 15) is 23.5 Å². The molecule has 1 atom stereocenters. The molecule has 0 aliphatic carbocycles. The molecule has 9 heteroatoms. The van der Waals surface area contributed by atoms with Crippen LogP contribution >= 0.6 is 11.6 Å². The lowest BCUT2D eigenvalue weighted by atomic mass is 9.86. The van der Waals surface area contributed by atoms with Gasteiger partial charge in [0.15, 0.2) is 17.2 Å². The first-order valence-corrected chi connectivity index (χ1v) is 9.70. The zero-order valence-corrected chi connectivity index (χ0v) is 16.7. The second kappa shape index (κ2) is 6.09. The third-order valence-electron chi connectivity index (χ3n) is 6.09. The summed E-state index contributed by atoms with van der Waals surface area (Å²) in [7, 11) is 0. The Morgan fingerprint density at radius 2 is 2.03 bits per heavy atom. The van der Waals surface area contributed by atoms with Crippen LogP contribution in [0.3, 0.4) is 0 Å². The topological polar surface area (TPSA) is 81.4 Å². The van der Waals surface area contributed by atoms with Gasteiger partial charge in [0.1, 0.15) is 6.61 Å². The third-order valence-corrected chi connectivity index (χ3v) is 6.44. The summed E-state index contributed by atoms with van der Waals surface area (Å²) in [4.78, 5) is 29.8. The van der Waals surface area contributed by atoms with Gasteiger partial charge >= 0.3 is 5.97 Å². The fourth-order valence-corrected chi connectivity index (χ4v) is 4.69. The molecule has 5 rings (SSSR count). The normalized spacial score (nSPS) is 19.5. The zero-order valence-electron chi connectivity index (χ0n) is 16.0. The Morgan fingerprint density at radius 1 is 1.30 bits per heavy atom. The number of hydrogen-bond acceptors (Lipinski definition) is 5. The van der Waals surface area contributed by atoms with Crippen molar-refractivity contribution in [1.82, 2.24) is 9.55 Å². The van der Waals surface area contributed by atoms with Crippen molar-refractivity contribution in [3.8, 4) is 11.4 Å². The van der Waals surface area contributed by atoms with Gasteiger partial charge in [-0.25, -0.2) is 18.6 Å². The average Bonchev–Trinajstić information content (AvgIpc) is 3.09. The largest absolute Gasteiger partial charge is 0.458 e. The molecule has 2 aliphatic rings. The van der Waals surface area contributed by atoms with E-state index in [1.54, 1.807) is 19.9 Å². The number of carbonyl (C=O) groups excluding carboxylic acids is 1. The molecule has 1 N–H and O–H groups in total. The third kappa shape index (κ3) is 2.23. The number of rotatable bonds is 1. The molecule has 0 fully saturated rings. The highest BCUT2D eigenvalue weighted by atomic mass is 35.5. The van der Waals surface area contributed by atoms with Crippen LogP contribution in [-0.4, -0.2) is 20.6 Å². The number of benzene rings is 1. The van der Waals surface area contributed by atoms with Crippen molar-refractivity contribution in [2.75, 3.05) is 0 Å². The van der Waals surface area contributed by atoms with Crippen LogP contribution in [0.1, 0.15) is 35.6 Å². The first kappa shape index (κ1) is 19.1. The smallest absolute Gasteiger partial charge is 0.343 e.